The fourth-order valence-electron chi connectivity index (χ4n) is 2.23. The summed E-state index contributed by atoms with van der Waals surface area (Å²) < 4.78 is 0. The van der Waals surface area contributed by atoms with E-state index < -0.39 is 0 Å². The van der Waals surface area contributed by atoms with Gasteiger partial charge in [-0.2, -0.15) is 0 Å². The lowest BCUT2D eigenvalue weighted by Gasteiger charge is -2.33. The molecule has 0 amide bonds. The van der Waals surface area contributed by atoms with E-state index in [0.29, 0.717) is 12.1 Å². The molecule has 2 N–H and O–H groups in total. The van der Waals surface area contributed by atoms with Gasteiger partial charge in [0.1, 0.15) is 0 Å². The number of piperazine rings is 1. The maximum absolute atomic E-state index is 3.64. The minimum absolute atomic E-state index is 0.693. The molecule has 1 rings (SSSR count). The maximum Gasteiger partial charge on any atom is 0.0195 e. The smallest absolute Gasteiger partial charge is 0.0195 e. The second kappa shape index (κ2) is 5.72. The number of hydrogen-bond donors (Lipinski definition) is 2. The normalized spacial score (nSPS) is 28.7. The summed E-state index contributed by atoms with van der Waals surface area (Å²) in [6.45, 7) is 11.5. The van der Waals surface area contributed by atoms with Crippen LogP contribution >= 0.6 is 0 Å². The predicted molar refractivity (Wildman–Crippen MR) is 62.5 cm³/mol. The SMILES string of the molecule is CC(C)CC1CNC(CC(C)C)CN1. The quantitative estimate of drug-likeness (QED) is 0.722. The van der Waals surface area contributed by atoms with Crippen molar-refractivity contribution in [1.29, 1.82) is 0 Å². The second-order valence-corrected chi connectivity index (χ2v) is 5.47. The van der Waals surface area contributed by atoms with E-state index in [0.717, 1.165) is 24.9 Å². The van der Waals surface area contributed by atoms with Gasteiger partial charge in [-0.15, -0.1) is 0 Å². The first-order valence-electron chi connectivity index (χ1n) is 6.04. The second-order valence-electron chi connectivity index (χ2n) is 5.47. The Kier molecular flexibility index (Phi) is 4.90. The van der Waals surface area contributed by atoms with Crippen LogP contribution in [0, 0.1) is 11.8 Å². The highest BCUT2D eigenvalue weighted by Crippen LogP contribution is 2.10. The summed E-state index contributed by atoms with van der Waals surface area (Å²) in [5.41, 5.74) is 0. The topological polar surface area (TPSA) is 24.1 Å². The summed E-state index contributed by atoms with van der Waals surface area (Å²) in [5, 5.41) is 7.29. The lowest BCUT2D eigenvalue weighted by atomic mass is 9.98. The highest BCUT2D eigenvalue weighted by molar-refractivity contribution is 4.83. The van der Waals surface area contributed by atoms with Crippen LogP contribution in [0.2, 0.25) is 0 Å². The van der Waals surface area contributed by atoms with Crippen molar-refractivity contribution in [2.45, 2.75) is 52.6 Å². The molecule has 1 aliphatic rings. The van der Waals surface area contributed by atoms with E-state index in [1.54, 1.807) is 0 Å². The van der Waals surface area contributed by atoms with Crippen molar-refractivity contribution in [1.82, 2.24) is 10.6 Å². The van der Waals surface area contributed by atoms with Crippen LogP contribution in [0.4, 0.5) is 0 Å². The Hall–Kier alpha value is -0.0800. The molecule has 0 spiro atoms. The molecule has 2 atom stereocenters. The largest absolute Gasteiger partial charge is 0.311 e. The fraction of sp³-hybridized carbons (Fsp3) is 1.00. The molecule has 84 valence electrons. The van der Waals surface area contributed by atoms with Gasteiger partial charge in [0.15, 0.2) is 0 Å². The van der Waals surface area contributed by atoms with Crippen LogP contribution in [0.25, 0.3) is 0 Å². The predicted octanol–water partition coefficient (Wildman–Crippen LogP) is 2.01. The lowest BCUT2D eigenvalue weighted by Crippen LogP contribution is -2.54. The van der Waals surface area contributed by atoms with E-state index in [4.69, 9.17) is 0 Å². The molecule has 2 heteroatoms. The molecule has 2 nitrogen and oxygen atoms in total. The minimum Gasteiger partial charge on any atom is -0.311 e. The van der Waals surface area contributed by atoms with Crippen molar-refractivity contribution in [2.75, 3.05) is 13.1 Å². The average Bonchev–Trinajstić information content (AvgIpc) is 2.06. The van der Waals surface area contributed by atoms with E-state index in [1.165, 1.54) is 12.8 Å². The standard InChI is InChI=1S/C12H26N2/c1-9(2)5-11-7-14-12(8-13-11)6-10(3)4/h9-14H,5-8H2,1-4H3. The van der Waals surface area contributed by atoms with Gasteiger partial charge in [-0.05, 0) is 24.7 Å². The molecule has 0 aromatic rings. The highest BCUT2D eigenvalue weighted by atomic mass is 15.1. The Morgan fingerprint density at radius 3 is 1.43 bits per heavy atom. The first-order chi connectivity index (χ1) is 6.58. The van der Waals surface area contributed by atoms with Gasteiger partial charge in [-0.1, -0.05) is 27.7 Å². The van der Waals surface area contributed by atoms with Gasteiger partial charge in [0.05, 0.1) is 0 Å². The number of nitrogens with one attached hydrogen (secondary N) is 2. The first kappa shape index (κ1) is 12.0. The zero-order valence-corrected chi connectivity index (χ0v) is 10.1. The monoisotopic (exact) mass is 198 g/mol. The van der Waals surface area contributed by atoms with Gasteiger partial charge in [0, 0.05) is 25.2 Å². The van der Waals surface area contributed by atoms with Crippen LogP contribution in [0.5, 0.6) is 0 Å². The molecule has 2 unspecified atom stereocenters. The van der Waals surface area contributed by atoms with Crippen molar-refractivity contribution < 1.29 is 0 Å². The molecular weight excluding hydrogens is 172 g/mol. The van der Waals surface area contributed by atoms with Crippen LogP contribution in [-0.2, 0) is 0 Å². The summed E-state index contributed by atoms with van der Waals surface area (Å²) in [6, 6.07) is 1.39. The van der Waals surface area contributed by atoms with E-state index in [1.807, 2.05) is 0 Å². The Labute approximate surface area is 88.8 Å². The molecule has 0 aromatic carbocycles. The Bertz CT molecular complexity index is 128. The van der Waals surface area contributed by atoms with Crippen molar-refractivity contribution >= 4 is 0 Å². The maximum atomic E-state index is 3.64. The third-order valence-electron chi connectivity index (χ3n) is 2.82. The minimum atomic E-state index is 0.693. The van der Waals surface area contributed by atoms with Crippen molar-refractivity contribution in [2.24, 2.45) is 11.8 Å². The lowest BCUT2D eigenvalue weighted by molar-refractivity contribution is 0.287. The van der Waals surface area contributed by atoms with E-state index in [2.05, 4.69) is 38.3 Å². The highest BCUT2D eigenvalue weighted by Gasteiger charge is 2.20. The molecule has 1 aliphatic heterocycles. The Balaban J connectivity index is 2.17. The van der Waals surface area contributed by atoms with Gasteiger partial charge in [0.25, 0.3) is 0 Å². The first-order valence-corrected chi connectivity index (χ1v) is 6.04. The van der Waals surface area contributed by atoms with Gasteiger partial charge in [0.2, 0.25) is 0 Å². The third kappa shape index (κ3) is 4.43. The molecule has 1 saturated heterocycles. The molecule has 0 aliphatic carbocycles. The van der Waals surface area contributed by atoms with Crippen molar-refractivity contribution in [3.8, 4) is 0 Å². The van der Waals surface area contributed by atoms with E-state index in [9.17, 15) is 0 Å². The van der Waals surface area contributed by atoms with Crippen molar-refractivity contribution in [3.05, 3.63) is 0 Å². The van der Waals surface area contributed by atoms with Crippen LogP contribution in [0.3, 0.4) is 0 Å². The molecule has 0 bridgehead atoms. The summed E-state index contributed by atoms with van der Waals surface area (Å²) >= 11 is 0. The zero-order valence-electron chi connectivity index (χ0n) is 10.1. The number of hydrogen-bond acceptors (Lipinski definition) is 2. The number of rotatable bonds is 4. The van der Waals surface area contributed by atoms with Gasteiger partial charge >= 0.3 is 0 Å². The van der Waals surface area contributed by atoms with Crippen LogP contribution in [0.15, 0.2) is 0 Å². The average molecular weight is 198 g/mol. The summed E-state index contributed by atoms with van der Waals surface area (Å²) in [7, 11) is 0. The summed E-state index contributed by atoms with van der Waals surface area (Å²) in [5.74, 6) is 1.60. The van der Waals surface area contributed by atoms with Gasteiger partial charge in [-0.25, -0.2) is 0 Å². The van der Waals surface area contributed by atoms with Crippen LogP contribution < -0.4 is 10.6 Å². The van der Waals surface area contributed by atoms with Crippen LogP contribution in [0.1, 0.15) is 40.5 Å². The molecular formula is C12H26N2. The summed E-state index contributed by atoms with van der Waals surface area (Å²) in [6.07, 6.45) is 2.59. The zero-order chi connectivity index (χ0) is 10.6. The van der Waals surface area contributed by atoms with Crippen molar-refractivity contribution in [3.63, 3.8) is 0 Å². The van der Waals surface area contributed by atoms with Gasteiger partial charge in [-0.3, -0.25) is 0 Å². The fourth-order valence-corrected chi connectivity index (χ4v) is 2.23. The summed E-state index contributed by atoms with van der Waals surface area (Å²) in [4.78, 5) is 0. The molecule has 0 saturated carbocycles. The molecule has 0 radical (unpaired) electrons. The Morgan fingerprint density at radius 2 is 1.21 bits per heavy atom. The molecule has 14 heavy (non-hydrogen) atoms. The van der Waals surface area contributed by atoms with E-state index >= 15 is 0 Å². The van der Waals surface area contributed by atoms with E-state index in [-0.39, 0.29) is 0 Å². The van der Waals surface area contributed by atoms with Gasteiger partial charge < -0.3 is 10.6 Å². The van der Waals surface area contributed by atoms with Crippen LogP contribution in [-0.4, -0.2) is 25.2 Å². The molecule has 1 heterocycles. The molecule has 1 fully saturated rings. The third-order valence-corrected chi connectivity index (χ3v) is 2.82. The molecule has 0 aromatic heterocycles. The Morgan fingerprint density at radius 1 is 0.857 bits per heavy atom.